The fourth-order valence-electron chi connectivity index (χ4n) is 1.82. The quantitative estimate of drug-likeness (QED) is 0.933. The summed E-state index contributed by atoms with van der Waals surface area (Å²) in [5.41, 5.74) is 1.19. The lowest BCUT2D eigenvalue weighted by Gasteiger charge is -2.17. The Bertz CT molecular complexity index is 682. The molecule has 0 bridgehead atoms. The van der Waals surface area contributed by atoms with Gasteiger partial charge in [0.15, 0.2) is 0 Å². The molecule has 0 radical (unpaired) electrons. The molecule has 1 aromatic heterocycles. The summed E-state index contributed by atoms with van der Waals surface area (Å²) in [5.74, 6) is -0.527. The third kappa shape index (κ3) is 3.84. The molecule has 0 aliphatic heterocycles. The van der Waals surface area contributed by atoms with Crippen LogP contribution >= 0.6 is 22.9 Å². The number of benzene rings is 1. The second-order valence-electron chi connectivity index (χ2n) is 4.97. The van der Waals surface area contributed by atoms with Crippen molar-refractivity contribution in [2.24, 2.45) is 0 Å². The molecule has 5 nitrogen and oxygen atoms in total. The number of hydrogen-bond donors (Lipinski definition) is 1. The average molecular weight is 338 g/mol. The highest BCUT2D eigenvalue weighted by Crippen LogP contribution is 2.25. The standard InChI is InChI=1S/C15H16ClN3O2S/c1-9(15(21)19(2)3)17-13(20)12-8-22-14(18-12)10-4-6-11(16)7-5-10/h4-9H,1-3H3,(H,17,20)/t9-/m1/s1. The van der Waals surface area contributed by atoms with Crippen LogP contribution in [0.5, 0.6) is 0 Å². The van der Waals surface area contributed by atoms with Gasteiger partial charge in [0, 0.05) is 30.1 Å². The molecular formula is C15H16ClN3O2S. The van der Waals surface area contributed by atoms with Crippen molar-refractivity contribution in [1.29, 1.82) is 0 Å². The van der Waals surface area contributed by atoms with Crippen molar-refractivity contribution < 1.29 is 9.59 Å². The third-order valence-corrected chi connectivity index (χ3v) is 4.13. The molecule has 0 unspecified atom stereocenters. The van der Waals surface area contributed by atoms with E-state index in [2.05, 4.69) is 10.3 Å². The highest BCUT2D eigenvalue weighted by Gasteiger charge is 2.19. The van der Waals surface area contributed by atoms with Gasteiger partial charge >= 0.3 is 0 Å². The number of carbonyl (C=O) groups is 2. The number of likely N-dealkylation sites (N-methyl/N-ethyl adjacent to an activating group) is 1. The Balaban J connectivity index is 2.09. The average Bonchev–Trinajstić information content (AvgIpc) is 2.96. The van der Waals surface area contributed by atoms with Crippen molar-refractivity contribution in [1.82, 2.24) is 15.2 Å². The molecule has 2 amide bonds. The predicted octanol–water partition coefficient (Wildman–Crippen LogP) is 2.67. The minimum Gasteiger partial charge on any atom is -0.347 e. The van der Waals surface area contributed by atoms with Gasteiger partial charge in [-0.05, 0) is 19.1 Å². The molecule has 22 heavy (non-hydrogen) atoms. The number of halogens is 1. The SMILES string of the molecule is C[C@@H](NC(=O)c1csc(-c2ccc(Cl)cc2)n1)C(=O)N(C)C. The van der Waals surface area contributed by atoms with Crippen molar-refractivity contribution in [2.45, 2.75) is 13.0 Å². The topological polar surface area (TPSA) is 62.3 Å². The lowest BCUT2D eigenvalue weighted by molar-refractivity contribution is -0.130. The van der Waals surface area contributed by atoms with Gasteiger partial charge in [0.05, 0.1) is 0 Å². The molecule has 116 valence electrons. The molecule has 0 saturated carbocycles. The molecule has 1 N–H and O–H groups in total. The highest BCUT2D eigenvalue weighted by atomic mass is 35.5. The van der Waals surface area contributed by atoms with E-state index in [4.69, 9.17) is 11.6 Å². The first-order valence-electron chi connectivity index (χ1n) is 6.62. The number of carbonyl (C=O) groups excluding carboxylic acids is 2. The summed E-state index contributed by atoms with van der Waals surface area (Å²) in [6, 6.07) is 6.65. The van der Waals surface area contributed by atoms with Gasteiger partial charge in [0.2, 0.25) is 5.91 Å². The largest absolute Gasteiger partial charge is 0.347 e. The molecule has 2 rings (SSSR count). The van der Waals surface area contributed by atoms with Crippen LogP contribution in [0.3, 0.4) is 0 Å². The Morgan fingerprint density at radius 1 is 1.27 bits per heavy atom. The van der Waals surface area contributed by atoms with E-state index in [1.54, 1.807) is 38.5 Å². The molecule has 1 atom stereocenters. The molecule has 0 aliphatic carbocycles. The summed E-state index contributed by atoms with van der Waals surface area (Å²) < 4.78 is 0. The highest BCUT2D eigenvalue weighted by molar-refractivity contribution is 7.13. The Kier molecular flexibility index (Phi) is 5.15. The second-order valence-corrected chi connectivity index (χ2v) is 6.27. The first kappa shape index (κ1) is 16.5. The number of thiazole rings is 1. The molecule has 0 spiro atoms. The fraction of sp³-hybridized carbons (Fsp3) is 0.267. The summed E-state index contributed by atoms with van der Waals surface area (Å²) in [6.07, 6.45) is 0. The Morgan fingerprint density at radius 3 is 2.50 bits per heavy atom. The van der Waals surface area contributed by atoms with Gasteiger partial charge in [-0.2, -0.15) is 0 Å². The monoisotopic (exact) mass is 337 g/mol. The third-order valence-electron chi connectivity index (χ3n) is 2.99. The molecule has 0 saturated heterocycles. The van der Waals surface area contributed by atoms with Crippen molar-refractivity contribution in [2.75, 3.05) is 14.1 Å². The minimum absolute atomic E-state index is 0.165. The van der Waals surface area contributed by atoms with E-state index in [0.29, 0.717) is 10.7 Å². The molecule has 2 aromatic rings. The zero-order valence-electron chi connectivity index (χ0n) is 12.5. The summed E-state index contributed by atoms with van der Waals surface area (Å²) in [4.78, 5) is 29.6. The predicted molar refractivity (Wildman–Crippen MR) is 88.2 cm³/mol. The smallest absolute Gasteiger partial charge is 0.271 e. The van der Waals surface area contributed by atoms with Crippen molar-refractivity contribution in [3.63, 3.8) is 0 Å². The maximum atomic E-state index is 12.1. The molecule has 0 fully saturated rings. The van der Waals surface area contributed by atoms with E-state index in [-0.39, 0.29) is 11.8 Å². The van der Waals surface area contributed by atoms with Gasteiger partial charge in [-0.1, -0.05) is 23.7 Å². The first-order valence-corrected chi connectivity index (χ1v) is 7.87. The van der Waals surface area contributed by atoms with E-state index in [9.17, 15) is 9.59 Å². The molecule has 0 aliphatic rings. The Hall–Kier alpha value is -1.92. The molecule has 7 heteroatoms. The van der Waals surface area contributed by atoms with Crippen molar-refractivity contribution >= 4 is 34.8 Å². The van der Waals surface area contributed by atoms with Gasteiger partial charge < -0.3 is 10.2 Å². The van der Waals surface area contributed by atoms with E-state index in [1.807, 2.05) is 12.1 Å². The number of amides is 2. The van der Waals surface area contributed by atoms with E-state index >= 15 is 0 Å². The number of aromatic nitrogens is 1. The van der Waals surface area contributed by atoms with E-state index in [1.165, 1.54) is 16.2 Å². The summed E-state index contributed by atoms with van der Waals surface area (Å²) >= 11 is 7.22. The van der Waals surface area contributed by atoms with Crippen molar-refractivity contribution in [3.8, 4) is 10.6 Å². The minimum atomic E-state index is -0.594. The van der Waals surface area contributed by atoms with Gasteiger partial charge in [0.1, 0.15) is 16.7 Å². The maximum Gasteiger partial charge on any atom is 0.271 e. The lowest BCUT2D eigenvalue weighted by Crippen LogP contribution is -2.44. The van der Waals surface area contributed by atoms with Crippen LogP contribution in [0.4, 0.5) is 0 Å². The summed E-state index contributed by atoms with van der Waals surface area (Å²) in [7, 11) is 3.29. The molecular weight excluding hydrogens is 322 g/mol. The van der Waals surface area contributed by atoms with Crippen LogP contribution in [-0.4, -0.2) is 41.8 Å². The molecule has 1 aromatic carbocycles. The maximum absolute atomic E-state index is 12.1. The lowest BCUT2D eigenvalue weighted by atomic mass is 10.2. The van der Waals surface area contributed by atoms with Crippen LogP contribution in [0.1, 0.15) is 17.4 Å². The van der Waals surface area contributed by atoms with Crippen LogP contribution in [0.2, 0.25) is 5.02 Å². The van der Waals surface area contributed by atoms with Gasteiger partial charge in [-0.3, -0.25) is 9.59 Å². The Morgan fingerprint density at radius 2 is 1.91 bits per heavy atom. The van der Waals surface area contributed by atoms with Crippen LogP contribution in [0, 0.1) is 0 Å². The summed E-state index contributed by atoms with van der Waals surface area (Å²) in [5, 5.41) is 5.69. The van der Waals surface area contributed by atoms with Crippen LogP contribution in [-0.2, 0) is 4.79 Å². The van der Waals surface area contributed by atoms with Crippen molar-refractivity contribution in [3.05, 3.63) is 40.4 Å². The number of hydrogen-bond acceptors (Lipinski definition) is 4. The number of nitrogens with zero attached hydrogens (tertiary/aromatic N) is 2. The van der Waals surface area contributed by atoms with E-state index < -0.39 is 6.04 Å². The van der Waals surface area contributed by atoms with Gasteiger partial charge in [-0.25, -0.2) is 4.98 Å². The number of rotatable bonds is 4. The normalized spacial score (nSPS) is 11.8. The molecule has 1 heterocycles. The summed E-state index contributed by atoms with van der Waals surface area (Å²) in [6.45, 7) is 1.65. The first-order chi connectivity index (χ1) is 10.4. The second kappa shape index (κ2) is 6.89. The number of nitrogens with one attached hydrogen (secondary N) is 1. The van der Waals surface area contributed by atoms with E-state index in [0.717, 1.165) is 10.6 Å². The Labute approximate surface area is 137 Å². The fourth-order valence-corrected chi connectivity index (χ4v) is 2.75. The van der Waals surface area contributed by atoms with Gasteiger partial charge in [-0.15, -0.1) is 11.3 Å². The van der Waals surface area contributed by atoms with Gasteiger partial charge in [0.25, 0.3) is 5.91 Å². The van der Waals surface area contributed by atoms with Crippen LogP contribution < -0.4 is 5.32 Å². The van der Waals surface area contributed by atoms with Crippen LogP contribution in [0.25, 0.3) is 10.6 Å². The van der Waals surface area contributed by atoms with Crippen LogP contribution in [0.15, 0.2) is 29.6 Å². The zero-order chi connectivity index (χ0) is 16.3. The zero-order valence-corrected chi connectivity index (χ0v) is 14.0.